The maximum atomic E-state index is 5.85. The van der Waals surface area contributed by atoms with Crippen LogP contribution in [0.15, 0.2) is 30.6 Å². The summed E-state index contributed by atoms with van der Waals surface area (Å²) in [6.07, 6.45) is 6.15. The Kier molecular flexibility index (Phi) is 3.74. The van der Waals surface area contributed by atoms with Gasteiger partial charge in [0, 0.05) is 24.8 Å². The van der Waals surface area contributed by atoms with Crippen molar-refractivity contribution in [2.45, 2.75) is 32.4 Å². The molecule has 4 heteroatoms. The summed E-state index contributed by atoms with van der Waals surface area (Å²) in [6, 6.07) is 6.98. The summed E-state index contributed by atoms with van der Waals surface area (Å²) in [6.45, 7) is 3.75. The number of nitrogens with one attached hydrogen (secondary N) is 1. The van der Waals surface area contributed by atoms with Gasteiger partial charge in [-0.05, 0) is 42.6 Å². The molecule has 0 spiro atoms. The third-order valence-corrected chi connectivity index (χ3v) is 3.81. The Hall–Kier alpha value is -1.81. The van der Waals surface area contributed by atoms with Crippen molar-refractivity contribution in [2.24, 2.45) is 7.05 Å². The average Bonchev–Trinajstić information content (AvgIpc) is 3.04. The number of aryl methyl sites for hydroxylation is 2. The fraction of sp³-hybridized carbons (Fsp3) is 0.438. The second kappa shape index (κ2) is 5.67. The summed E-state index contributed by atoms with van der Waals surface area (Å²) in [5.74, 6) is 0.949. The van der Waals surface area contributed by atoms with Crippen LogP contribution in [0.5, 0.6) is 5.75 Å². The molecule has 1 aromatic carbocycles. The van der Waals surface area contributed by atoms with E-state index in [1.807, 2.05) is 19.4 Å². The van der Waals surface area contributed by atoms with Crippen molar-refractivity contribution in [3.05, 3.63) is 47.3 Å². The third kappa shape index (κ3) is 2.70. The molecule has 1 N–H and O–H groups in total. The molecule has 0 fully saturated rings. The van der Waals surface area contributed by atoms with Crippen molar-refractivity contribution < 1.29 is 4.74 Å². The number of nitrogens with zero attached hydrogens (tertiary/aromatic N) is 2. The van der Waals surface area contributed by atoms with Crippen molar-refractivity contribution in [1.82, 2.24) is 15.1 Å². The first-order valence-corrected chi connectivity index (χ1v) is 7.23. The van der Waals surface area contributed by atoms with Gasteiger partial charge in [0.15, 0.2) is 0 Å². The summed E-state index contributed by atoms with van der Waals surface area (Å²) in [5.41, 5.74) is 3.94. The Balaban J connectivity index is 1.67. The Labute approximate surface area is 119 Å². The highest BCUT2D eigenvalue weighted by Crippen LogP contribution is 2.33. The zero-order valence-electron chi connectivity index (χ0n) is 12.1. The Morgan fingerprint density at radius 2 is 2.35 bits per heavy atom. The minimum Gasteiger partial charge on any atom is -0.489 e. The molecule has 0 radical (unpaired) electrons. The standard InChI is InChI=1S/C16H21N3O/c1-3-17-16-7-4-13-8-14(5-6-15(13)16)20-11-12-9-18-19(2)10-12/h5-6,8-10,16-17H,3-4,7,11H2,1-2H3. The molecule has 1 aliphatic carbocycles. The molecule has 1 aliphatic rings. The molecule has 4 nitrogen and oxygen atoms in total. The normalized spacial score (nSPS) is 17.2. The highest BCUT2D eigenvalue weighted by atomic mass is 16.5. The highest BCUT2D eigenvalue weighted by molar-refractivity contribution is 5.40. The van der Waals surface area contributed by atoms with E-state index in [9.17, 15) is 0 Å². The van der Waals surface area contributed by atoms with E-state index < -0.39 is 0 Å². The predicted molar refractivity (Wildman–Crippen MR) is 78.7 cm³/mol. The molecule has 3 rings (SSSR count). The van der Waals surface area contributed by atoms with Gasteiger partial charge in [-0.25, -0.2) is 0 Å². The molecule has 1 atom stereocenters. The number of rotatable bonds is 5. The summed E-state index contributed by atoms with van der Waals surface area (Å²) in [4.78, 5) is 0. The van der Waals surface area contributed by atoms with Gasteiger partial charge >= 0.3 is 0 Å². The minimum atomic E-state index is 0.516. The monoisotopic (exact) mass is 271 g/mol. The van der Waals surface area contributed by atoms with E-state index in [4.69, 9.17) is 4.74 Å². The van der Waals surface area contributed by atoms with Gasteiger partial charge in [0.1, 0.15) is 12.4 Å². The van der Waals surface area contributed by atoms with Gasteiger partial charge in [-0.3, -0.25) is 4.68 Å². The summed E-state index contributed by atoms with van der Waals surface area (Å²) in [5, 5.41) is 7.67. The van der Waals surface area contributed by atoms with Crippen LogP contribution in [-0.4, -0.2) is 16.3 Å². The molecule has 20 heavy (non-hydrogen) atoms. The van der Waals surface area contributed by atoms with Crippen molar-refractivity contribution in [1.29, 1.82) is 0 Å². The number of aromatic nitrogens is 2. The zero-order chi connectivity index (χ0) is 13.9. The molecular weight excluding hydrogens is 250 g/mol. The predicted octanol–water partition coefficient (Wildman–Crippen LogP) is 2.60. The third-order valence-electron chi connectivity index (χ3n) is 3.81. The lowest BCUT2D eigenvalue weighted by Crippen LogP contribution is -2.18. The second-order valence-electron chi connectivity index (χ2n) is 5.32. The first-order chi connectivity index (χ1) is 9.76. The SMILES string of the molecule is CCNC1CCc2cc(OCc3cnn(C)c3)ccc21. The molecule has 2 aromatic rings. The van der Waals surface area contributed by atoms with E-state index in [1.165, 1.54) is 17.5 Å². The van der Waals surface area contributed by atoms with Crippen LogP contribution >= 0.6 is 0 Å². The molecule has 1 unspecified atom stereocenters. The number of hydrogen-bond acceptors (Lipinski definition) is 3. The van der Waals surface area contributed by atoms with Crippen LogP contribution in [0.1, 0.15) is 36.1 Å². The molecule has 1 aromatic heterocycles. The van der Waals surface area contributed by atoms with Crippen LogP contribution in [0.3, 0.4) is 0 Å². The second-order valence-corrected chi connectivity index (χ2v) is 5.32. The molecule has 1 heterocycles. The maximum absolute atomic E-state index is 5.85. The Bertz CT molecular complexity index is 591. The quantitative estimate of drug-likeness (QED) is 0.908. The molecular formula is C16H21N3O. The van der Waals surface area contributed by atoms with Crippen LogP contribution in [-0.2, 0) is 20.1 Å². The lowest BCUT2D eigenvalue weighted by Gasteiger charge is -2.13. The van der Waals surface area contributed by atoms with Gasteiger partial charge in [0.25, 0.3) is 0 Å². The van der Waals surface area contributed by atoms with Crippen molar-refractivity contribution >= 4 is 0 Å². The van der Waals surface area contributed by atoms with Gasteiger partial charge in [-0.2, -0.15) is 5.10 Å². The first-order valence-electron chi connectivity index (χ1n) is 7.23. The number of ether oxygens (including phenoxy) is 1. The van der Waals surface area contributed by atoms with Gasteiger partial charge in [0.2, 0.25) is 0 Å². The number of fused-ring (bicyclic) bond motifs is 1. The van der Waals surface area contributed by atoms with Crippen molar-refractivity contribution in [2.75, 3.05) is 6.54 Å². The van der Waals surface area contributed by atoms with E-state index in [0.717, 1.165) is 24.3 Å². The average molecular weight is 271 g/mol. The smallest absolute Gasteiger partial charge is 0.120 e. The van der Waals surface area contributed by atoms with Gasteiger partial charge in [-0.1, -0.05) is 13.0 Å². The lowest BCUT2D eigenvalue weighted by molar-refractivity contribution is 0.306. The topological polar surface area (TPSA) is 39.1 Å². The molecule has 0 amide bonds. The van der Waals surface area contributed by atoms with E-state index in [2.05, 4.69) is 35.5 Å². The van der Waals surface area contributed by atoms with Crippen molar-refractivity contribution in [3.8, 4) is 5.75 Å². The van der Waals surface area contributed by atoms with Crippen LogP contribution in [0, 0.1) is 0 Å². The van der Waals surface area contributed by atoms with Crippen LogP contribution in [0.25, 0.3) is 0 Å². The largest absolute Gasteiger partial charge is 0.489 e. The van der Waals surface area contributed by atoms with Crippen molar-refractivity contribution in [3.63, 3.8) is 0 Å². The van der Waals surface area contributed by atoms with E-state index in [0.29, 0.717) is 12.6 Å². The minimum absolute atomic E-state index is 0.516. The van der Waals surface area contributed by atoms with E-state index >= 15 is 0 Å². The van der Waals surface area contributed by atoms with Crippen LogP contribution in [0.4, 0.5) is 0 Å². The van der Waals surface area contributed by atoms with Gasteiger partial charge in [0.05, 0.1) is 6.20 Å². The molecule has 106 valence electrons. The number of hydrogen-bond donors (Lipinski definition) is 1. The lowest BCUT2D eigenvalue weighted by atomic mass is 10.1. The number of benzene rings is 1. The summed E-state index contributed by atoms with van der Waals surface area (Å²) in [7, 11) is 1.92. The van der Waals surface area contributed by atoms with E-state index in [-0.39, 0.29) is 0 Å². The fourth-order valence-electron chi connectivity index (χ4n) is 2.86. The molecule has 0 aliphatic heterocycles. The Morgan fingerprint density at radius 3 is 3.10 bits per heavy atom. The molecule has 0 saturated heterocycles. The zero-order valence-corrected chi connectivity index (χ0v) is 12.1. The fourth-order valence-corrected chi connectivity index (χ4v) is 2.86. The van der Waals surface area contributed by atoms with Crippen LogP contribution < -0.4 is 10.1 Å². The Morgan fingerprint density at radius 1 is 1.45 bits per heavy atom. The van der Waals surface area contributed by atoms with Crippen LogP contribution in [0.2, 0.25) is 0 Å². The van der Waals surface area contributed by atoms with Gasteiger partial charge in [-0.15, -0.1) is 0 Å². The summed E-state index contributed by atoms with van der Waals surface area (Å²) < 4.78 is 7.65. The first kappa shape index (κ1) is 13.2. The maximum Gasteiger partial charge on any atom is 0.120 e. The highest BCUT2D eigenvalue weighted by Gasteiger charge is 2.21. The summed E-state index contributed by atoms with van der Waals surface area (Å²) >= 11 is 0. The molecule has 0 saturated carbocycles. The molecule has 0 bridgehead atoms. The van der Waals surface area contributed by atoms with Gasteiger partial charge < -0.3 is 10.1 Å². The van der Waals surface area contributed by atoms with E-state index in [1.54, 1.807) is 4.68 Å².